The van der Waals surface area contributed by atoms with Crippen LogP contribution in [-0.4, -0.2) is 11.7 Å². The van der Waals surface area contributed by atoms with Gasteiger partial charge in [0, 0.05) is 11.6 Å². The van der Waals surface area contributed by atoms with Crippen molar-refractivity contribution in [3.05, 3.63) is 35.4 Å². The van der Waals surface area contributed by atoms with Crippen LogP contribution in [0.2, 0.25) is 0 Å². The molecule has 1 atom stereocenters. The van der Waals surface area contributed by atoms with Gasteiger partial charge in [-0.2, -0.15) is 13.2 Å². The second kappa shape index (κ2) is 4.19. The molecule has 6 heteroatoms. The maximum absolute atomic E-state index is 13.4. The van der Waals surface area contributed by atoms with Gasteiger partial charge in [-0.15, -0.1) is 0 Å². The summed E-state index contributed by atoms with van der Waals surface area (Å²) in [6.45, 7) is 1.39. The van der Waals surface area contributed by atoms with Crippen molar-refractivity contribution in [3.63, 3.8) is 0 Å². The van der Waals surface area contributed by atoms with Crippen LogP contribution in [0.1, 0.15) is 31.4 Å². The molecule has 100 valence electrons. The Bertz CT molecular complexity index is 450. The smallest absolute Gasteiger partial charge is 0.297 e. The third-order valence-electron chi connectivity index (χ3n) is 3.23. The lowest BCUT2D eigenvalue weighted by molar-refractivity contribution is -0.167. The zero-order chi connectivity index (χ0) is 13.6. The van der Waals surface area contributed by atoms with E-state index < -0.39 is 29.4 Å². The predicted molar refractivity (Wildman–Crippen MR) is 55.9 cm³/mol. The zero-order valence-corrected chi connectivity index (χ0v) is 9.61. The number of hydrogen-bond donors (Lipinski definition) is 1. The van der Waals surface area contributed by atoms with Gasteiger partial charge >= 0.3 is 6.18 Å². The van der Waals surface area contributed by atoms with Gasteiger partial charge in [-0.05, 0) is 25.8 Å². The summed E-state index contributed by atoms with van der Waals surface area (Å²) in [7, 11) is 0. The van der Waals surface area contributed by atoms with Crippen molar-refractivity contribution in [3.8, 4) is 0 Å². The maximum atomic E-state index is 13.4. The first-order valence-electron chi connectivity index (χ1n) is 5.55. The van der Waals surface area contributed by atoms with Crippen molar-refractivity contribution in [1.29, 1.82) is 0 Å². The summed E-state index contributed by atoms with van der Waals surface area (Å²) in [6, 6.07) is 2.59. The molecule has 0 aromatic heterocycles. The third-order valence-corrected chi connectivity index (χ3v) is 3.23. The molecule has 0 aliphatic heterocycles. The monoisotopic (exact) mass is 265 g/mol. The van der Waals surface area contributed by atoms with Crippen molar-refractivity contribution < 1.29 is 22.0 Å². The van der Waals surface area contributed by atoms with Gasteiger partial charge in [-0.1, -0.05) is 12.1 Å². The van der Waals surface area contributed by atoms with E-state index in [1.54, 1.807) is 0 Å². The van der Waals surface area contributed by atoms with Crippen LogP contribution in [0.4, 0.5) is 22.0 Å². The van der Waals surface area contributed by atoms with E-state index >= 15 is 0 Å². The van der Waals surface area contributed by atoms with Crippen molar-refractivity contribution in [2.75, 3.05) is 0 Å². The number of rotatable bonds is 3. The lowest BCUT2D eigenvalue weighted by atomic mass is 10.1. The zero-order valence-electron chi connectivity index (χ0n) is 9.61. The molecular formula is C12H12F5N. The average Bonchev–Trinajstić information content (AvgIpc) is 3.02. The molecule has 1 fully saturated rings. The Morgan fingerprint density at radius 2 is 1.83 bits per heavy atom. The highest BCUT2D eigenvalue weighted by Gasteiger charge is 2.63. The molecule has 0 spiro atoms. The number of nitrogens with one attached hydrogen (secondary N) is 1. The highest BCUT2D eigenvalue weighted by Crippen LogP contribution is 2.50. The predicted octanol–water partition coefficient (Wildman–Crippen LogP) is 3.71. The van der Waals surface area contributed by atoms with Gasteiger partial charge in [0.05, 0.1) is 0 Å². The minimum atomic E-state index is -4.37. The molecule has 0 amide bonds. The van der Waals surface area contributed by atoms with Gasteiger partial charge in [0.15, 0.2) is 11.6 Å². The Morgan fingerprint density at radius 3 is 2.33 bits per heavy atom. The molecule has 0 heterocycles. The van der Waals surface area contributed by atoms with Gasteiger partial charge in [0.25, 0.3) is 0 Å². The number of hydrogen-bond acceptors (Lipinski definition) is 1. The van der Waals surface area contributed by atoms with E-state index in [-0.39, 0.29) is 18.4 Å². The molecule has 2 rings (SSSR count). The van der Waals surface area contributed by atoms with Crippen LogP contribution in [0.15, 0.2) is 18.2 Å². The molecule has 1 nitrogen and oxygen atoms in total. The number of alkyl halides is 3. The van der Waals surface area contributed by atoms with E-state index in [0.717, 1.165) is 6.07 Å². The third kappa shape index (κ3) is 2.21. The van der Waals surface area contributed by atoms with Gasteiger partial charge < -0.3 is 0 Å². The Kier molecular flexibility index (Phi) is 3.09. The van der Waals surface area contributed by atoms with Crippen molar-refractivity contribution in [2.45, 2.75) is 37.5 Å². The quantitative estimate of drug-likeness (QED) is 0.821. The van der Waals surface area contributed by atoms with E-state index in [4.69, 9.17) is 0 Å². The molecule has 1 aliphatic carbocycles. The first-order valence-corrected chi connectivity index (χ1v) is 5.55. The first-order chi connectivity index (χ1) is 8.27. The molecular weight excluding hydrogens is 253 g/mol. The van der Waals surface area contributed by atoms with Crippen LogP contribution in [0.25, 0.3) is 0 Å². The molecule has 1 aliphatic rings. The summed E-state index contributed by atoms with van der Waals surface area (Å²) >= 11 is 0. The molecule has 1 unspecified atom stereocenters. The minimum absolute atomic E-state index is 0.0300. The van der Waals surface area contributed by atoms with Gasteiger partial charge in [0.1, 0.15) is 5.54 Å². The maximum Gasteiger partial charge on any atom is 0.406 e. The second-order valence-electron chi connectivity index (χ2n) is 4.59. The van der Waals surface area contributed by atoms with E-state index in [1.165, 1.54) is 19.1 Å². The van der Waals surface area contributed by atoms with Gasteiger partial charge in [-0.25, -0.2) is 8.78 Å². The molecule has 0 bridgehead atoms. The SMILES string of the molecule is CC(NC1(C(F)(F)F)CC1)c1cccc(F)c1F. The van der Waals surface area contributed by atoms with E-state index in [9.17, 15) is 22.0 Å². The van der Waals surface area contributed by atoms with Crippen LogP contribution < -0.4 is 5.32 Å². The lowest BCUT2D eigenvalue weighted by Gasteiger charge is -2.25. The fourth-order valence-electron chi connectivity index (χ4n) is 1.98. The Morgan fingerprint density at radius 1 is 1.22 bits per heavy atom. The fourth-order valence-corrected chi connectivity index (χ4v) is 1.98. The van der Waals surface area contributed by atoms with Crippen LogP contribution >= 0.6 is 0 Å². The fraction of sp³-hybridized carbons (Fsp3) is 0.500. The summed E-state index contributed by atoms with van der Waals surface area (Å²) in [5.41, 5.74) is -2.03. The molecule has 1 aromatic carbocycles. The molecule has 18 heavy (non-hydrogen) atoms. The molecule has 0 saturated heterocycles. The summed E-state index contributed by atoms with van der Waals surface area (Å²) in [4.78, 5) is 0. The number of benzene rings is 1. The lowest BCUT2D eigenvalue weighted by Crippen LogP contribution is -2.46. The highest BCUT2D eigenvalue weighted by atomic mass is 19.4. The second-order valence-corrected chi connectivity index (χ2v) is 4.59. The largest absolute Gasteiger partial charge is 0.406 e. The van der Waals surface area contributed by atoms with E-state index in [1.807, 2.05) is 0 Å². The van der Waals surface area contributed by atoms with Crippen LogP contribution in [0.5, 0.6) is 0 Å². The van der Waals surface area contributed by atoms with Gasteiger partial charge in [-0.3, -0.25) is 5.32 Å². The van der Waals surface area contributed by atoms with Crippen molar-refractivity contribution >= 4 is 0 Å². The van der Waals surface area contributed by atoms with Crippen LogP contribution in [0.3, 0.4) is 0 Å². The topological polar surface area (TPSA) is 12.0 Å². The van der Waals surface area contributed by atoms with Gasteiger partial charge in [0.2, 0.25) is 0 Å². The van der Waals surface area contributed by atoms with Crippen molar-refractivity contribution in [1.82, 2.24) is 5.32 Å². The average molecular weight is 265 g/mol. The molecule has 0 radical (unpaired) electrons. The van der Waals surface area contributed by atoms with E-state index in [0.29, 0.717) is 0 Å². The van der Waals surface area contributed by atoms with E-state index in [2.05, 4.69) is 5.32 Å². The Balaban J connectivity index is 2.18. The Hall–Kier alpha value is -1.17. The number of halogens is 5. The summed E-state index contributed by atoms with van der Waals surface area (Å²) in [6.07, 6.45) is -4.43. The molecule has 1 aromatic rings. The Labute approximate surface area is 101 Å². The van der Waals surface area contributed by atoms with Crippen LogP contribution in [-0.2, 0) is 0 Å². The summed E-state index contributed by atoms with van der Waals surface area (Å²) in [5, 5.41) is 2.36. The summed E-state index contributed by atoms with van der Waals surface area (Å²) in [5.74, 6) is -2.16. The van der Waals surface area contributed by atoms with Crippen LogP contribution in [0, 0.1) is 11.6 Å². The normalized spacial score (nSPS) is 19.7. The highest BCUT2D eigenvalue weighted by molar-refractivity contribution is 5.23. The summed E-state index contributed by atoms with van der Waals surface area (Å²) < 4.78 is 64.6. The molecule has 1 N–H and O–H groups in total. The minimum Gasteiger partial charge on any atom is -0.297 e. The first kappa shape index (κ1) is 13.3. The standard InChI is InChI=1S/C12H12F5N/c1-7(8-3-2-4-9(13)10(8)14)18-11(5-6-11)12(15,16)17/h2-4,7,18H,5-6H2,1H3. The molecule has 1 saturated carbocycles. The van der Waals surface area contributed by atoms with Crippen molar-refractivity contribution in [2.24, 2.45) is 0 Å².